The molecule has 0 atom stereocenters. The summed E-state index contributed by atoms with van der Waals surface area (Å²) in [6.07, 6.45) is 0. The highest BCUT2D eigenvalue weighted by atomic mass is 16.6. The number of nitrogens with two attached hydrogens (primary N) is 1. The second-order valence-electron chi connectivity index (χ2n) is 3.10. The van der Waals surface area contributed by atoms with Crippen molar-refractivity contribution in [3.05, 3.63) is 27.8 Å². The quantitative estimate of drug-likeness (QED) is 0.368. The van der Waals surface area contributed by atoms with Crippen molar-refractivity contribution in [2.45, 2.75) is 6.92 Å². The highest BCUT2D eigenvalue weighted by molar-refractivity contribution is 5.95. The largest absolute Gasteiger partial charge is 0.490 e. The molecule has 0 unspecified atom stereocenters. The van der Waals surface area contributed by atoms with E-state index in [0.29, 0.717) is 0 Å². The molecule has 1 aromatic carbocycles. The maximum Gasteiger partial charge on any atom is 0.342 e. The summed E-state index contributed by atoms with van der Waals surface area (Å²) in [6.45, 7) is 1.79. The fraction of sp³-hybridized carbons (Fsp3) is 0.300. The van der Waals surface area contributed by atoms with Gasteiger partial charge in [-0.25, -0.2) is 4.79 Å². The van der Waals surface area contributed by atoms with Crippen LogP contribution in [0.2, 0.25) is 0 Å². The molecular weight excluding hydrogens is 228 g/mol. The molecule has 0 bridgehead atoms. The maximum absolute atomic E-state index is 11.6. The number of ether oxygens (including phenoxy) is 2. The second-order valence-corrected chi connectivity index (χ2v) is 3.10. The van der Waals surface area contributed by atoms with Crippen LogP contribution in [0.4, 0.5) is 11.4 Å². The summed E-state index contributed by atoms with van der Waals surface area (Å²) >= 11 is 0. The smallest absolute Gasteiger partial charge is 0.342 e. The van der Waals surface area contributed by atoms with Gasteiger partial charge in [-0.05, 0) is 13.0 Å². The van der Waals surface area contributed by atoms with Crippen LogP contribution in [0.3, 0.4) is 0 Å². The molecule has 0 heterocycles. The Bertz CT molecular complexity index is 458. The molecule has 0 amide bonds. The molecule has 17 heavy (non-hydrogen) atoms. The van der Waals surface area contributed by atoms with Gasteiger partial charge in [-0.15, -0.1) is 0 Å². The zero-order valence-electron chi connectivity index (χ0n) is 9.43. The normalized spacial score (nSPS) is 9.76. The van der Waals surface area contributed by atoms with E-state index in [1.165, 1.54) is 13.2 Å². The average molecular weight is 240 g/mol. The van der Waals surface area contributed by atoms with Crippen LogP contribution < -0.4 is 10.5 Å². The van der Waals surface area contributed by atoms with E-state index in [4.69, 9.17) is 15.2 Å². The molecule has 0 aliphatic carbocycles. The number of esters is 1. The molecule has 7 heteroatoms. The van der Waals surface area contributed by atoms with Gasteiger partial charge in [0.05, 0.1) is 18.6 Å². The Hall–Kier alpha value is -2.31. The van der Waals surface area contributed by atoms with Crippen molar-refractivity contribution in [1.29, 1.82) is 0 Å². The summed E-state index contributed by atoms with van der Waals surface area (Å²) in [4.78, 5) is 21.7. The van der Waals surface area contributed by atoms with E-state index >= 15 is 0 Å². The van der Waals surface area contributed by atoms with Crippen LogP contribution in [0.15, 0.2) is 12.1 Å². The molecular formula is C10H12N2O5. The molecule has 7 nitrogen and oxygen atoms in total. The number of hydrogen-bond donors (Lipinski definition) is 1. The van der Waals surface area contributed by atoms with E-state index in [-0.39, 0.29) is 29.3 Å². The highest BCUT2D eigenvalue weighted by Gasteiger charge is 2.24. The molecule has 92 valence electrons. The number of benzene rings is 1. The van der Waals surface area contributed by atoms with E-state index in [1.54, 1.807) is 6.92 Å². The first kappa shape index (κ1) is 12.8. The van der Waals surface area contributed by atoms with Gasteiger partial charge in [0.2, 0.25) is 5.75 Å². The minimum Gasteiger partial charge on any atom is -0.490 e. The van der Waals surface area contributed by atoms with E-state index < -0.39 is 10.9 Å². The molecule has 0 fully saturated rings. The minimum absolute atomic E-state index is 0.0546. The Morgan fingerprint density at radius 1 is 1.53 bits per heavy atom. The Balaban J connectivity index is 3.37. The molecule has 0 radical (unpaired) electrons. The monoisotopic (exact) mass is 240 g/mol. The fourth-order valence-electron chi connectivity index (χ4n) is 1.35. The van der Waals surface area contributed by atoms with Crippen LogP contribution >= 0.6 is 0 Å². The summed E-state index contributed by atoms with van der Waals surface area (Å²) < 4.78 is 9.63. The SMILES string of the molecule is CCOC(=O)c1cc(N)cc([N+](=O)[O-])c1OC. The van der Waals surface area contributed by atoms with Crippen molar-refractivity contribution in [3.8, 4) is 5.75 Å². The Morgan fingerprint density at radius 2 is 2.18 bits per heavy atom. The van der Waals surface area contributed by atoms with E-state index in [2.05, 4.69) is 0 Å². The Morgan fingerprint density at radius 3 is 2.65 bits per heavy atom. The molecule has 0 saturated carbocycles. The fourth-order valence-corrected chi connectivity index (χ4v) is 1.35. The molecule has 1 rings (SSSR count). The van der Waals surface area contributed by atoms with Crippen molar-refractivity contribution in [2.24, 2.45) is 0 Å². The highest BCUT2D eigenvalue weighted by Crippen LogP contribution is 2.33. The number of carbonyl (C=O) groups excluding carboxylic acids is 1. The number of nitrogens with zero attached hydrogens (tertiary/aromatic N) is 1. The van der Waals surface area contributed by atoms with Crippen LogP contribution in [-0.4, -0.2) is 24.6 Å². The summed E-state index contributed by atoms with van der Waals surface area (Å²) in [5.74, 6) is -0.859. The Kier molecular flexibility index (Phi) is 3.86. The minimum atomic E-state index is -0.709. The standard InChI is InChI=1S/C10H12N2O5/c1-3-17-10(13)7-4-6(11)5-8(12(14)15)9(7)16-2/h4-5H,3,11H2,1-2H3. The predicted molar refractivity (Wildman–Crippen MR) is 60.0 cm³/mol. The summed E-state index contributed by atoms with van der Waals surface area (Å²) in [5.41, 5.74) is 5.16. The van der Waals surface area contributed by atoms with Crippen LogP contribution in [0, 0.1) is 10.1 Å². The van der Waals surface area contributed by atoms with Gasteiger partial charge in [-0.1, -0.05) is 0 Å². The first-order chi connectivity index (χ1) is 8.01. The number of nitro groups is 1. The zero-order chi connectivity index (χ0) is 13.0. The summed E-state index contributed by atoms with van der Waals surface area (Å²) in [6, 6.07) is 2.41. The first-order valence-electron chi connectivity index (χ1n) is 4.80. The first-order valence-corrected chi connectivity index (χ1v) is 4.80. The van der Waals surface area contributed by atoms with Crippen LogP contribution in [-0.2, 0) is 4.74 Å². The van der Waals surface area contributed by atoms with Gasteiger partial charge in [-0.3, -0.25) is 10.1 Å². The lowest BCUT2D eigenvalue weighted by molar-refractivity contribution is -0.385. The second kappa shape index (κ2) is 5.15. The van der Waals surface area contributed by atoms with Crippen molar-refractivity contribution in [3.63, 3.8) is 0 Å². The number of hydrogen-bond acceptors (Lipinski definition) is 6. The molecule has 0 aromatic heterocycles. The third-order valence-corrected chi connectivity index (χ3v) is 1.99. The summed E-state index contributed by atoms with van der Waals surface area (Å²) in [5, 5.41) is 10.8. The topological polar surface area (TPSA) is 105 Å². The molecule has 0 aliphatic rings. The molecule has 1 aromatic rings. The van der Waals surface area contributed by atoms with Crippen LogP contribution in [0.1, 0.15) is 17.3 Å². The van der Waals surface area contributed by atoms with Gasteiger partial charge >= 0.3 is 11.7 Å². The third-order valence-electron chi connectivity index (χ3n) is 1.99. The number of nitrogen functional groups attached to an aromatic ring is 1. The predicted octanol–water partition coefficient (Wildman–Crippen LogP) is 1.36. The van der Waals surface area contributed by atoms with Gasteiger partial charge in [-0.2, -0.15) is 0 Å². The van der Waals surface area contributed by atoms with Crippen molar-refractivity contribution in [1.82, 2.24) is 0 Å². The van der Waals surface area contributed by atoms with Crippen LogP contribution in [0.25, 0.3) is 0 Å². The lowest BCUT2D eigenvalue weighted by Gasteiger charge is -2.09. The third kappa shape index (κ3) is 2.63. The summed E-state index contributed by atoms with van der Waals surface area (Å²) in [7, 11) is 1.24. The molecule has 0 aliphatic heterocycles. The molecule has 0 saturated heterocycles. The average Bonchev–Trinajstić information content (AvgIpc) is 2.28. The van der Waals surface area contributed by atoms with Gasteiger partial charge in [0, 0.05) is 11.8 Å². The van der Waals surface area contributed by atoms with E-state index in [0.717, 1.165) is 6.07 Å². The van der Waals surface area contributed by atoms with Crippen LogP contribution in [0.5, 0.6) is 5.75 Å². The number of anilines is 1. The van der Waals surface area contributed by atoms with E-state index in [1.807, 2.05) is 0 Å². The molecule has 0 spiro atoms. The Labute approximate surface area is 97.3 Å². The van der Waals surface area contributed by atoms with E-state index in [9.17, 15) is 14.9 Å². The van der Waals surface area contributed by atoms with Gasteiger partial charge < -0.3 is 15.2 Å². The zero-order valence-corrected chi connectivity index (χ0v) is 9.43. The van der Waals surface area contributed by atoms with Crippen molar-refractivity contribution >= 4 is 17.3 Å². The lowest BCUT2D eigenvalue weighted by Crippen LogP contribution is -2.09. The van der Waals surface area contributed by atoms with Gasteiger partial charge in [0.1, 0.15) is 5.56 Å². The van der Waals surface area contributed by atoms with Gasteiger partial charge in [0.15, 0.2) is 0 Å². The number of nitro benzene ring substituents is 1. The lowest BCUT2D eigenvalue weighted by atomic mass is 10.1. The van der Waals surface area contributed by atoms with Gasteiger partial charge in [0.25, 0.3) is 0 Å². The maximum atomic E-state index is 11.6. The number of rotatable bonds is 4. The number of carbonyl (C=O) groups is 1. The van der Waals surface area contributed by atoms with Crippen molar-refractivity contribution in [2.75, 3.05) is 19.5 Å². The van der Waals surface area contributed by atoms with Crippen molar-refractivity contribution < 1.29 is 19.2 Å². The number of methoxy groups -OCH3 is 1. The molecule has 2 N–H and O–H groups in total.